The first kappa shape index (κ1) is 28.0. The normalized spacial score (nSPS) is 11.3. The van der Waals surface area contributed by atoms with Gasteiger partial charge in [0, 0.05) is 0 Å². The van der Waals surface area contributed by atoms with Crippen molar-refractivity contribution < 1.29 is 0 Å². The van der Waals surface area contributed by atoms with Crippen LogP contribution in [-0.4, -0.2) is 0 Å². The molecule has 9 rings (SSSR count). The van der Waals surface area contributed by atoms with Gasteiger partial charge in [-0.3, -0.25) is 0 Å². The van der Waals surface area contributed by atoms with E-state index in [1.54, 1.807) is 0 Å². The lowest BCUT2D eigenvalue weighted by molar-refractivity contribution is 1.58. The second-order valence-electron chi connectivity index (χ2n) is 12.4. The minimum absolute atomic E-state index is 1.21. The molecule has 0 atom stereocenters. The van der Waals surface area contributed by atoms with E-state index in [0.717, 1.165) is 0 Å². The molecule has 0 fully saturated rings. The second-order valence-corrected chi connectivity index (χ2v) is 12.4. The first-order valence-electron chi connectivity index (χ1n) is 16.6. The Balaban J connectivity index is 1.32. The molecule has 0 aliphatic heterocycles. The lowest BCUT2D eigenvalue weighted by Gasteiger charge is -2.20. The molecule has 224 valence electrons. The van der Waals surface area contributed by atoms with Crippen LogP contribution >= 0.6 is 0 Å². The van der Waals surface area contributed by atoms with Crippen LogP contribution in [0.25, 0.3) is 88.0 Å². The summed E-state index contributed by atoms with van der Waals surface area (Å²) in [6.45, 7) is 0. The number of hydrogen-bond donors (Lipinski definition) is 0. The first-order chi connectivity index (χ1) is 23.8. The summed E-state index contributed by atoms with van der Waals surface area (Å²) in [4.78, 5) is 0. The molecule has 0 unspecified atom stereocenters. The largest absolute Gasteiger partial charge is 0.0622 e. The zero-order valence-electron chi connectivity index (χ0n) is 26.5. The van der Waals surface area contributed by atoms with Crippen molar-refractivity contribution in [2.24, 2.45) is 0 Å². The maximum Gasteiger partial charge on any atom is -0.00201 e. The summed E-state index contributed by atoms with van der Waals surface area (Å²) in [5, 5.41) is 7.54. The Morgan fingerprint density at radius 1 is 0.208 bits per heavy atom. The van der Waals surface area contributed by atoms with E-state index in [0.29, 0.717) is 0 Å². The second kappa shape index (κ2) is 11.8. The van der Waals surface area contributed by atoms with Gasteiger partial charge in [-0.05, 0) is 100 Å². The molecule has 0 nitrogen and oxygen atoms in total. The van der Waals surface area contributed by atoms with Crippen molar-refractivity contribution >= 4 is 32.3 Å². The van der Waals surface area contributed by atoms with E-state index in [2.05, 4.69) is 194 Å². The van der Waals surface area contributed by atoms with Crippen LogP contribution in [0.5, 0.6) is 0 Å². The summed E-state index contributed by atoms with van der Waals surface area (Å²) in [6, 6.07) is 70.7. The van der Waals surface area contributed by atoms with Crippen LogP contribution in [0.3, 0.4) is 0 Å². The van der Waals surface area contributed by atoms with Crippen molar-refractivity contribution in [1.82, 2.24) is 0 Å². The molecular weight excluding hydrogens is 577 g/mol. The molecule has 0 saturated carbocycles. The molecule has 0 heteroatoms. The Kier molecular flexibility index (Phi) is 6.91. The molecule has 9 aromatic carbocycles. The van der Waals surface area contributed by atoms with Crippen LogP contribution < -0.4 is 0 Å². The smallest absolute Gasteiger partial charge is 0.00201 e. The molecule has 0 amide bonds. The van der Waals surface area contributed by atoms with Gasteiger partial charge in [0.15, 0.2) is 0 Å². The van der Waals surface area contributed by atoms with E-state index in [4.69, 9.17) is 0 Å². The van der Waals surface area contributed by atoms with Crippen molar-refractivity contribution in [3.63, 3.8) is 0 Å². The van der Waals surface area contributed by atoms with E-state index < -0.39 is 0 Å². The number of benzene rings is 9. The van der Waals surface area contributed by atoms with Crippen LogP contribution in [0.4, 0.5) is 0 Å². The lowest BCUT2D eigenvalue weighted by Crippen LogP contribution is -1.93. The third kappa shape index (κ3) is 4.78. The SMILES string of the molecule is c1ccc(-c2cc(-c3c4ccccc4c(-c4ccccc4-c4ccccc4)c4ccccc34)ccc2-c2ccc3ccccc3c2)cc1. The Morgan fingerprint density at radius 3 is 1.31 bits per heavy atom. The Bertz CT molecular complexity index is 2540. The fourth-order valence-electron chi connectivity index (χ4n) is 7.47. The Labute approximate surface area is 281 Å². The van der Waals surface area contributed by atoms with Gasteiger partial charge in [-0.25, -0.2) is 0 Å². The monoisotopic (exact) mass is 608 g/mol. The topological polar surface area (TPSA) is 0 Å². The van der Waals surface area contributed by atoms with Gasteiger partial charge in [0.1, 0.15) is 0 Å². The fraction of sp³-hybridized carbons (Fsp3) is 0. The highest BCUT2D eigenvalue weighted by Crippen LogP contribution is 2.47. The minimum Gasteiger partial charge on any atom is -0.0622 e. The summed E-state index contributed by atoms with van der Waals surface area (Å²) >= 11 is 0. The van der Waals surface area contributed by atoms with Gasteiger partial charge in [-0.1, -0.05) is 182 Å². The van der Waals surface area contributed by atoms with E-state index in [1.165, 1.54) is 88.0 Å². The average Bonchev–Trinajstić information content (AvgIpc) is 3.17. The predicted molar refractivity (Wildman–Crippen MR) is 206 cm³/mol. The molecule has 0 aliphatic rings. The molecule has 0 spiro atoms. The van der Waals surface area contributed by atoms with E-state index in [9.17, 15) is 0 Å². The van der Waals surface area contributed by atoms with Crippen molar-refractivity contribution in [1.29, 1.82) is 0 Å². The lowest BCUT2D eigenvalue weighted by atomic mass is 9.83. The Hall–Kier alpha value is -6.24. The van der Waals surface area contributed by atoms with E-state index >= 15 is 0 Å². The van der Waals surface area contributed by atoms with E-state index in [1.807, 2.05) is 0 Å². The van der Waals surface area contributed by atoms with Crippen LogP contribution in [0.2, 0.25) is 0 Å². The molecule has 0 radical (unpaired) electrons. The van der Waals surface area contributed by atoms with Gasteiger partial charge < -0.3 is 0 Å². The summed E-state index contributed by atoms with van der Waals surface area (Å²) in [5.74, 6) is 0. The van der Waals surface area contributed by atoms with Crippen molar-refractivity contribution in [3.05, 3.63) is 194 Å². The third-order valence-corrected chi connectivity index (χ3v) is 9.67. The molecule has 0 aromatic heterocycles. The van der Waals surface area contributed by atoms with Gasteiger partial charge in [-0.2, -0.15) is 0 Å². The first-order valence-corrected chi connectivity index (χ1v) is 16.6. The van der Waals surface area contributed by atoms with E-state index in [-0.39, 0.29) is 0 Å². The molecule has 0 aliphatic carbocycles. The zero-order chi connectivity index (χ0) is 31.9. The molecule has 48 heavy (non-hydrogen) atoms. The standard InChI is InChI=1S/C48H32/c1-3-16-34(17-4-1)39-21-9-10-22-41(39)48-44-25-13-11-23-42(44)47(43-24-12-14-26-45(43)48)38-29-30-40(46(32-38)35-18-5-2-6-19-35)37-28-27-33-15-7-8-20-36(33)31-37/h1-32H. The van der Waals surface area contributed by atoms with Crippen molar-refractivity contribution in [3.8, 4) is 55.6 Å². The summed E-state index contributed by atoms with van der Waals surface area (Å²) in [7, 11) is 0. The highest BCUT2D eigenvalue weighted by Gasteiger charge is 2.20. The minimum atomic E-state index is 1.21. The third-order valence-electron chi connectivity index (χ3n) is 9.67. The molecule has 9 aromatic rings. The predicted octanol–water partition coefficient (Wildman–Crippen LogP) is 13.5. The van der Waals surface area contributed by atoms with Crippen LogP contribution in [0.15, 0.2) is 194 Å². The zero-order valence-corrected chi connectivity index (χ0v) is 26.5. The van der Waals surface area contributed by atoms with Gasteiger partial charge in [0.2, 0.25) is 0 Å². The maximum atomic E-state index is 2.41. The van der Waals surface area contributed by atoms with Gasteiger partial charge in [-0.15, -0.1) is 0 Å². The molecule has 0 N–H and O–H groups in total. The highest BCUT2D eigenvalue weighted by molar-refractivity contribution is 6.22. The van der Waals surface area contributed by atoms with Crippen molar-refractivity contribution in [2.75, 3.05) is 0 Å². The number of rotatable bonds is 5. The van der Waals surface area contributed by atoms with Crippen LogP contribution in [-0.2, 0) is 0 Å². The van der Waals surface area contributed by atoms with Gasteiger partial charge >= 0.3 is 0 Å². The molecular formula is C48H32. The fourth-order valence-corrected chi connectivity index (χ4v) is 7.47. The van der Waals surface area contributed by atoms with Crippen LogP contribution in [0.1, 0.15) is 0 Å². The molecule has 0 saturated heterocycles. The number of hydrogen-bond acceptors (Lipinski definition) is 0. The summed E-state index contributed by atoms with van der Waals surface area (Å²) in [6.07, 6.45) is 0. The molecule has 0 heterocycles. The number of fused-ring (bicyclic) bond motifs is 3. The maximum absolute atomic E-state index is 2.41. The highest BCUT2D eigenvalue weighted by atomic mass is 14.2. The van der Waals surface area contributed by atoms with Gasteiger partial charge in [0.05, 0.1) is 0 Å². The summed E-state index contributed by atoms with van der Waals surface area (Å²) < 4.78 is 0. The van der Waals surface area contributed by atoms with Crippen molar-refractivity contribution in [2.45, 2.75) is 0 Å². The van der Waals surface area contributed by atoms with Gasteiger partial charge in [0.25, 0.3) is 0 Å². The quantitative estimate of drug-likeness (QED) is 0.171. The molecule has 0 bridgehead atoms. The Morgan fingerprint density at radius 2 is 0.667 bits per heavy atom. The van der Waals surface area contributed by atoms with Crippen LogP contribution in [0, 0.1) is 0 Å². The summed E-state index contributed by atoms with van der Waals surface area (Å²) in [5.41, 5.74) is 12.4. The average molecular weight is 609 g/mol.